The van der Waals surface area contributed by atoms with Crippen LogP contribution < -0.4 is 11.1 Å². The van der Waals surface area contributed by atoms with Crippen LogP contribution in [0.25, 0.3) is 15.9 Å². The van der Waals surface area contributed by atoms with Crippen molar-refractivity contribution in [3.05, 3.63) is 66.8 Å². The van der Waals surface area contributed by atoms with Gasteiger partial charge in [0, 0.05) is 29.4 Å². The lowest BCUT2D eigenvalue weighted by Crippen LogP contribution is -2.24. The third kappa shape index (κ3) is 4.38. The Labute approximate surface area is 200 Å². The van der Waals surface area contributed by atoms with Gasteiger partial charge in [0.05, 0.1) is 11.1 Å². The highest BCUT2D eigenvalue weighted by Crippen LogP contribution is 2.35. The van der Waals surface area contributed by atoms with Gasteiger partial charge < -0.3 is 0 Å². The molecule has 0 radical (unpaired) electrons. The molecule has 6 nitrogen and oxygen atoms in total. The molecular weight excluding hydrogens is 452 g/mol. The predicted octanol–water partition coefficient (Wildman–Crippen LogP) is 4.99. The zero-order chi connectivity index (χ0) is 23.1. The molecule has 0 fully saturated rings. The van der Waals surface area contributed by atoms with E-state index in [9.17, 15) is 9.59 Å². The molecular formula is C25H28N4O2S2. The van der Waals surface area contributed by atoms with Crippen LogP contribution in [-0.2, 0) is 25.1 Å². The molecule has 0 amide bonds. The molecule has 172 valence electrons. The SMILES string of the molecule is Cc1ccn2c(=O)cc(CSc3nc4sc5c(c4c(=O)n3CCC(C)C)CCCC5)nc2c1. The van der Waals surface area contributed by atoms with Crippen LogP contribution >= 0.6 is 23.1 Å². The van der Waals surface area contributed by atoms with Gasteiger partial charge in [-0.25, -0.2) is 9.97 Å². The highest BCUT2D eigenvalue weighted by Gasteiger charge is 2.22. The first kappa shape index (κ1) is 22.3. The number of nitrogens with zero attached hydrogens (tertiary/aromatic N) is 4. The summed E-state index contributed by atoms with van der Waals surface area (Å²) < 4.78 is 3.41. The molecule has 4 heterocycles. The van der Waals surface area contributed by atoms with Crippen LogP contribution in [0.4, 0.5) is 0 Å². The summed E-state index contributed by atoms with van der Waals surface area (Å²) in [5.74, 6) is 0.983. The topological polar surface area (TPSA) is 69.3 Å². The van der Waals surface area contributed by atoms with Gasteiger partial charge in [-0.3, -0.25) is 18.6 Å². The van der Waals surface area contributed by atoms with Crippen molar-refractivity contribution in [2.24, 2.45) is 5.92 Å². The first-order valence-electron chi connectivity index (χ1n) is 11.6. The summed E-state index contributed by atoms with van der Waals surface area (Å²) in [5, 5.41) is 1.55. The molecule has 0 saturated heterocycles. The van der Waals surface area contributed by atoms with E-state index in [1.54, 1.807) is 28.0 Å². The van der Waals surface area contributed by atoms with E-state index in [0.717, 1.165) is 46.6 Å². The van der Waals surface area contributed by atoms with Crippen LogP contribution in [0, 0.1) is 12.8 Å². The lowest BCUT2D eigenvalue weighted by molar-refractivity contribution is 0.481. The van der Waals surface area contributed by atoms with Gasteiger partial charge in [-0.2, -0.15) is 0 Å². The number of thioether (sulfide) groups is 1. The van der Waals surface area contributed by atoms with Crippen LogP contribution in [-0.4, -0.2) is 18.9 Å². The van der Waals surface area contributed by atoms with Gasteiger partial charge in [0.15, 0.2) is 5.16 Å². The Morgan fingerprint density at radius 3 is 2.79 bits per heavy atom. The van der Waals surface area contributed by atoms with Crippen molar-refractivity contribution < 1.29 is 0 Å². The summed E-state index contributed by atoms with van der Waals surface area (Å²) in [4.78, 5) is 38.0. The number of hydrogen-bond donors (Lipinski definition) is 0. The Bertz CT molecular complexity index is 1470. The summed E-state index contributed by atoms with van der Waals surface area (Å²) in [6.45, 7) is 6.98. The minimum absolute atomic E-state index is 0.0877. The molecule has 4 aromatic rings. The van der Waals surface area contributed by atoms with Crippen molar-refractivity contribution in [1.29, 1.82) is 0 Å². The second-order valence-corrected chi connectivity index (χ2v) is 11.3. The smallest absolute Gasteiger partial charge is 0.263 e. The number of aromatic nitrogens is 4. The minimum Gasteiger partial charge on any atom is -0.287 e. The Balaban J connectivity index is 1.54. The average molecular weight is 481 g/mol. The van der Waals surface area contributed by atoms with E-state index in [1.807, 2.05) is 23.6 Å². The highest BCUT2D eigenvalue weighted by molar-refractivity contribution is 7.98. The first-order valence-corrected chi connectivity index (χ1v) is 13.4. The molecule has 1 aliphatic rings. The molecule has 0 unspecified atom stereocenters. The van der Waals surface area contributed by atoms with Crippen molar-refractivity contribution >= 4 is 39.0 Å². The molecule has 0 aliphatic heterocycles. The Kier molecular flexibility index (Phi) is 6.14. The quantitative estimate of drug-likeness (QED) is 0.287. The fraction of sp³-hybridized carbons (Fsp3) is 0.440. The van der Waals surface area contributed by atoms with Crippen LogP contribution in [0.15, 0.2) is 39.1 Å². The van der Waals surface area contributed by atoms with Crippen molar-refractivity contribution in [1.82, 2.24) is 18.9 Å². The van der Waals surface area contributed by atoms with Gasteiger partial charge in [-0.05, 0) is 68.2 Å². The van der Waals surface area contributed by atoms with E-state index in [-0.39, 0.29) is 11.1 Å². The molecule has 33 heavy (non-hydrogen) atoms. The van der Waals surface area contributed by atoms with E-state index in [1.165, 1.54) is 28.6 Å². The molecule has 0 aromatic carbocycles. The van der Waals surface area contributed by atoms with Crippen molar-refractivity contribution in [3.8, 4) is 0 Å². The minimum atomic E-state index is -0.0952. The molecule has 0 bridgehead atoms. The standard InChI is InChI=1S/C25H28N4O2S2/c1-15(2)8-10-29-24(31)22-18-6-4-5-7-19(18)33-23(22)27-25(29)32-14-17-13-21(30)28-11-9-16(3)12-20(28)26-17/h9,11-13,15H,4-8,10,14H2,1-3H3. The van der Waals surface area contributed by atoms with Crippen molar-refractivity contribution in [3.63, 3.8) is 0 Å². The van der Waals surface area contributed by atoms with Crippen molar-refractivity contribution in [2.75, 3.05) is 0 Å². The second-order valence-electron chi connectivity index (χ2n) is 9.23. The largest absolute Gasteiger partial charge is 0.287 e. The van der Waals surface area contributed by atoms with E-state index >= 15 is 0 Å². The first-order chi connectivity index (χ1) is 15.9. The predicted molar refractivity (Wildman–Crippen MR) is 136 cm³/mol. The summed E-state index contributed by atoms with van der Waals surface area (Å²) in [6, 6.07) is 5.39. The molecule has 0 saturated carbocycles. The molecule has 0 N–H and O–H groups in total. The number of pyridine rings is 1. The maximum atomic E-state index is 13.6. The van der Waals surface area contributed by atoms with Crippen molar-refractivity contribution in [2.45, 2.75) is 70.3 Å². The van der Waals surface area contributed by atoms with Crippen LogP contribution in [0.2, 0.25) is 0 Å². The third-order valence-corrected chi connectivity index (χ3v) is 8.39. The van der Waals surface area contributed by atoms with Gasteiger partial charge in [0.1, 0.15) is 10.5 Å². The summed E-state index contributed by atoms with van der Waals surface area (Å²) in [7, 11) is 0. The molecule has 0 spiro atoms. The summed E-state index contributed by atoms with van der Waals surface area (Å²) in [6.07, 6.45) is 7.04. The average Bonchev–Trinajstić information content (AvgIpc) is 3.15. The molecule has 0 atom stereocenters. The fourth-order valence-corrected chi connectivity index (χ4v) is 6.60. The maximum Gasteiger partial charge on any atom is 0.263 e. The second kappa shape index (κ2) is 9.06. The van der Waals surface area contributed by atoms with Gasteiger partial charge in [-0.15, -0.1) is 11.3 Å². The lowest BCUT2D eigenvalue weighted by Gasteiger charge is -2.14. The normalized spacial score (nSPS) is 13.8. The Hall–Kier alpha value is -2.45. The van der Waals surface area contributed by atoms with Gasteiger partial charge >= 0.3 is 0 Å². The van der Waals surface area contributed by atoms with Gasteiger partial charge in [-0.1, -0.05) is 25.6 Å². The third-order valence-electron chi connectivity index (χ3n) is 6.19. The molecule has 8 heteroatoms. The molecule has 1 aliphatic carbocycles. The summed E-state index contributed by atoms with van der Waals surface area (Å²) in [5.41, 5.74) is 3.62. The highest BCUT2D eigenvalue weighted by atomic mass is 32.2. The zero-order valence-electron chi connectivity index (χ0n) is 19.3. The maximum absolute atomic E-state index is 13.6. The Morgan fingerprint density at radius 1 is 1.15 bits per heavy atom. The van der Waals surface area contributed by atoms with Gasteiger partial charge in [0.2, 0.25) is 0 Å². The van der Waals surface area contributed by atoms with Crippen LogP contribution in [0.5, 0.6) is 0 Å². The van der Waals surface area contributed by atoms with E-state index in [0.29, 0.717) is 29.6 Å². The van der Waals surface area contributed by atoms with E-state index in [2.05, 4.69) is 18.8 Å². The fourth-order valence-electron chi connectivity index (χ4n) is 4.38. The number of rotatable bonds is 6. The van der Waals surface area contributed by atoms with Crippen LogP contribution in [0.1, 0.15) is 54.8 Å². The van der Waals surface area contributed by atoms with Gasteiger partial charge in [0.25, 0.3) is 11.1 Å². The van der Waals surface area contributed by atoms with E-state index < -0.39 is 0 Å². The Morgan fingerprint density at radius 2 is 1.97 bits per heavy atom. The monoisotopic (exact) mass is 480 g/mol. The summed E-state index contributed by atoms with van der Waals surface area (Å²) >= 11 is 3.18. The number of hydrogen-bond acceptors (Lipinski definition) is 6. The molecule has 5 rings (SSSR count). The number of aryl methyl sites for hydroxylation is 3. The number of thiophene rings is 1. The van der Waals surface area contributed by atoms with E-state index in [4.69, 9.17) is 4.98 Å². The molecule has 4 aromatic heterocycles. The zero-order valence-corrected chi connectivity index (χ0v) is 20.9. The number of fused-ring (bicyclic) bond motifs is 4. The van der Waals surface area contributed by atoms with Crippen LogP contribution in [0.3, 0.4) is 0 Å². The lowest BCUT2D eigenvalue weighted by atomic mass is 9.97.